The highest BCUT2D eigenvalue weighted by Crippen LogP contribution is 2.40. The maximum absolute atomic E-state index is 9.22. The fourth-order valence-electron chi connectivity index (χ4n) is 8.83. The number of hydrogen-bond acceptors (Lipinski definition) is 3. The number of nitriles is 1. The molecule has 0 unspecified atom stereocenters. The van der Waals surface area contributed by atoms with Gasteiger partial charge in [-0.05, 0) is 117 Å². The van der Waals surface area contributed by atoms with E-state index < -0.39 is 0 Å². The number of nitrogens with zero attached hydrogens (tertiary/aromatic N) is 3. The van der Waals surface area contributed by atoms with Gasteiger partial charge in [0.1, 0.15) is 0 Å². The second kappa shape index (κ2) is 26.7. The van der Waals surface area contributed by atoms with E-state index in [1.165, 1.54) is 55.1 Å². The van der Waals surface area contributed by atoms with Crippen molar-refractivity contribution >= 4 is 17.0 Å². The molecule has 0 saturated heterocycles. The van der Waals surface area contributed by atoms with Gasteiger partial charge >= 0.3 is 0 Å². The zero-order valence-corrected chi connectivity index (χ0v) is 53.2. The Morgan fingerprint density at radius 1 is 0.400 bits per heavy atom. The standard InChI is InChI=1S/2C15H21N.C14H22.C13H21N.C12H20S.2CH4/c1-14(2,3)12-9-8-11(16-7)10-13(12)15(4,5)6;1-14(2,3)12-9-7-8-11(10-16)13(12)15(4,5)6;1-13(2,3)11-9-7-8-10-12(11)14(4,5)6;1-12(2,3)10-8-7-9-14-11(10)13(4,5)6;1-11(2,3)9-7-8-13-10(9)12(4,5)6;;/h8-10H,1-6H3;7-9H,1-6H3;7-10H,1-6H3;7-9H,1-6H3;7-8H,1-6H3;2*1H4. The summed E-state index contributed by atoms with van der Waals surface area (Å²) in [7, 11) is 0. The topological polar surface area (TPSA) is 41.0 Å². The van der Waals surface area contributed by atoms with Crippen molar-refractivity contribution in [1.29, 1.82) is 5.26 Å². The lowest BCUT2D eigenvalue weighted by Gasteiger charge is -2.30. The van der Waals surface area contributed by atoms with E-state index in [9.17, 15) is 5.26 Å². The Kier molecular flexibility index (Phi) is 25.8. The summed E-state index contributed by atoms with van der Waals surface area (Å²) in [4.78, 5) is 9.56. The van der Waals surface area contributed by atoms with Gasteiger partial charge in [0.05, 0.1) is 18.2 Å². The van der Waals surface area contributed by atoms with Crippen molar-refractivity contribution in [3.05, 3.63) is 162 Å². The molecule has 0 amide bonds. The van der Waals surface area contributed by atoms with Crippen LogP contribution in [0.4, 0.5) is 5.69 Å². The first-order valence-corrected chi connectivity index (χ1v) is 27.6. The van der Waals surface area contributed by atoms with Crippen LogP contribution in [0.5, 0.6) is 0 Å². The van der Waals surface area contributed by atoms with Crippen molar-refractivity contribution in [3.63, 3.8) is 0 Å². The lowest BCUT2D eigenvalue weighted by Crippen LogP contribution is -2.23. The molecule has 5 aromatic rings. The molecular formula is C71H113N3S. The summed E-state index contributed by atoms with van der Waals surface area (Å²) in [5.41, 5.74) is 15.3. The van der Waals surface area contributed by atoms with Crippen LogP contribution in [0.3, 0.4) is 0 Å². The van der Waals surface area contributed by atoms with Crippen LogP contribution in [0.2, 0.25) is 0 Å². The van der Waals surface area contributed by atoms with Crippen molar-refractivity contribution in [1.82, 2.24) is 4.98 Å². The molecule has 0 radical (unpaired) electrons. The second-order valence-electron chi connectivity index (χ2n) is 30.3. The van der Waals surface area contributed by atoms with Gasteiger partial charge in [0.2, 0.25) is 0 Å². The smallest absolute Gasteiger partial charge is 0.187 e. The van der Waals surface area contributed by atoms with E-state index in [0.29, 0.717) is 0 Å². The molecule has 0 aliphatic carbocycles. The highest BCUT2D eigenvalue weighted by atomic mass is 32.1. The van der Waals surface area contributed by atoms with Crippen LogP contribution in [-0.2, 0) is 54.1 Å². The third kappa shape index (κ3) is 22.5. The van der Waals surface area contributed by atoms with Crippen LogP contribution < -0.4 is 0 Å². The fourth-order valence-corrected chi connectivity index (χ4v) is 10.0. The highest BCUT2D eigenvalue weighted by molar-refractivity contribution is 7.10. The summed E-state index contributed by atoms with van der Waals surface area (Å²) >= 11 is 1.88. The van der Waals surface area contributed by atoms with Crippen LogP contribution in [-0.4, -0.2) is 4.98 Å². The Balaban J connectivity index is 0. The first-order chi connectivity index (χ1) is 32.5. The normalized spacial score (nSPS) is 12.4. The van der Waals surface area contributed by atoms with Crippen molar-refractivity contribution in [3.8, 4) is 6.07 Å². The summed E-state index contributed by atoms with van der Waals surface area (Å²) in [6.45, 7) is 74.1. The van der Waals surface area contributed by atoms with Gasteiger partial charge in [-0.15, -0.1) is 11.3 Å². The largest absolute Gasteiger partial charge is 0.260 e. The van der Waals surface area contributed by atoms with Crippen LogP contribution in [0, 0.1) is 17.9 Å². The molecule has 2 heterocycles. The monoisotopic (exact) mass is 1040 g/mol. The highest BCUT2D eigenvalue weighted by Gasteiger charge is 2.30. The minimum Gasteiger partial charge on any atom is -0.260 e. The molecule has 3 aromatic carbocycles. The maximum atomic E-state index is 9.22. The molecule has 0 fully saturated rings. The van der Waals surface area contributed by atoms with Gasteiger partial charge < -0.3 is 0 Å². The molecule has 3 nitrogen and oxygen atoms in total. The molecule has 0 spiro atoms. The summed E-state index contributed by atoms with van der Waals surface area (Å²) in [5, 5.41) is 11.4. The number of rotatable bonds is 0. The van der Waals surface area contributed by atoms with E-state index in [-0.39, 0.29) is 69.0 Å². The zero-order chi connectivity index (χ0) is 57.4. The zero-order valence-electron chi connectivity index (χ0n) is 52.4. The van der Waals surface area contributed by atoms with Crippen LogP contribution >= 0.6 is 11.3 Å². The summed E-state index contributed by atoms with van der Waals surface area (Å²) < 4.78 is 0. The molecule has 0 aliphatic heterocycles. The lowest BCUT2D eigenvalue weighted by molar-refractivity contribution is 0.514. The average Bonchev–Trinajstić information content (AvgIpc) is 3.75. The Labute approximate surface area is 470 Å². The predicted octanol–water partition coefficient (Wildman–Crippen LogP) is 22.6. The van der Waals surface area contributed by atoms with Gasteiger partial charge in [-0.3, -0.25) is 4.98 Å². The van der Waals surface area contributed by atoms with Crippen LogP contribution in [0.15, 0.2) is 90.4 Å². The number of aromatic nitrogens is 1. The predicted molar refractivity (Wildman–Crippen MR) is 339 cm³/mol. The number of pyridine rings is 1. The van der Waals surface area contributed by atoms with E-state index in [0.717, 1.165) is 11.3 Å². The van der Waals surface area contributed by atoms with E-state index in [2.05, 4.69) is 278 Å². The molecule has 0 saturated carbocycles. The van der Waals surface area contributed by atoms with Crippen molar-refractivity contribution < 1.29 is 0 Å². The molecular weight excluding hydrogens is 927 g/mol. The Bertz CT molecular complexity index is 2430. The van der Waals surface area contributed by atoms with Crippen LogP contribution in [0.1, 0.15) is 283 Å². The molecule has 418 valence electrons. The molecule has 75 heavy (non-hydrogen) atoms. The molecule has 0 N–H and O–H groups in total. The third-order valence-electron chi connectivity index (χ3n) is 12.5. The van der Waals surface area contributed by atoms with E-state index in [4.69, 9.17) is 6.57 Å². The molecule has 4 heteroatoms. The Hall–Kier alpha value is -4.51. The van der Waals surface area contributed by atoms with Gasteiger partial charge in [0, 0.05) is 22.2 Å². The SMILES string of the molecule is C.C.CC(C)(C)c1cccc(C#N)c1C(C)(C)C.CC(C)(C)c1ccccc1C(C)(C)C.CC(C)(C)c1cccnc1C(C)(C)C.CC(C)(C)c1ccsc1C(C)(C)C.[C-]#[N+]c1ccc(C(C)(C)C)c(C(C)(C)C)c1. The maximum Gasteiger partial charge on any atom is 0.187 e. The minimum atomic E-state index is 0. The van der Waals surface area contributed by atoms with E-state index in [1.807, 2.05) is 47.9 Å². The van der Waals surface area contributed by atoms with Gasteiger partial charge in [-0.25, -0.2) is 4.85 Å². The van der Waals surface area contributed by atoms with Crippen molar-refractivity contribution in [2.24, 2.45) is 0 Å². The van der Waals surface area contributed by atoms with Crippen LogP contribution in [0.25, 0.3) is 4.85 Å². The number of hydrogen-bond donors (Lipinski definition) is 0. The summed E-state index contributed by atoms with van der Waals surface area (Å²) in [6.07, 6.45) is 1.88. The number of thiophene rings is 1. The molecule has 2 aromatic heterocycles. The van der Waals surface area contributed by atoms with Crippen molar-refractivity contribution in [2.75, 3.05) is 0 Å². The second-order valence-corrected chi connectivity index (χ2v) is 31.2. The molecule has 0 bridgehead atoms. The third-order valence-corrected chi connectivity index (χ3v) is 13.9. The number of benzene rings is 3. The lowest BCUT2D eigenvalue weighted by atomic mass is 9.73. The summed E-state index contributed by atoms with van der Waals surface area (Å²) in [5.74, 6) is 0. The van der Waals surface area contributed by atoms with Gasteiger partial charge in [0.25, 0.3) is 0 Å². The first kappa shape index (κ1) is 72.6. The molecule has 5 rings (SSSR count). The van der Waals surface area contributed by atoms with E-state index >= 15 is 0 Å². The minimum absolute atomic E-state index is 0. The van der Waals surface area contributed by atoms with Crippen molar-refractivity contribution in [2.45, 2.75) is 277 Å². The van der Waals surface area contributed by atoms with E-state index in [1.54, 1.807) is 0 Å². The van der Waals surface area contributed by atoms with Gasteiger partial charge in [0.15, 0.2) is 5.69 Å². The fraction of sp³-hybridized carbons (Fsp3) is 0.592. The average molecular weight is 1040 g/mol. The summed E-state index contributed by atoms with van der Waals surface area (Å²) in [6, 6.07) is 29.7. The molecule has 0 aliphatic rings. The molecule has 0 atom stereocenters. The van der Waals surface area contributed by atoms with Gasteiger partial charge in [-0.1, -0.05) is 283 Å². The quantitative estimate of drug-likeness (QED) is 0.145. The Morgan fingerprint density at radius 3 is 1.11 bits per heavy atom. The Morgan fingerprint density at radius 2 is 0.787 bits per heavy atom. The van der Waals surface area contributed by atoms with Gasteiger partial charge in [-0.2, -0.15) is 5.26 Å². The first-order valence-electron chi connectivity index (χ1n) is 26.7.